The highest BCUT2D eigenvalue weighted by atomic mass is 16.7. The Balaban J connectivity index is 1.72. The molecule has 0 unspecified atom stereocenters. The van der Waals surface area contributed by atoms with Crippen LogP contribution in [0.4, 0.5) is 0 Å². The van der Waals surface area contributed by atoms with Crippen LogP contribution in [0.25, 0.3) is 0 Å². The first-order valence-electron chi connectivity index (χ1n) is 8.22. The van der Waals surface area contributed by atoms with Crippen molar-refractivity contribution in [2.24, 2.45) is 0 Å². The van der Waals surface area contributed by atoms with Crippen molar-refractivity contribution in [3.05, 3.63) is 12.4 Å². The fraction of sp³-hybridized carbons (Fsp3) is 0.750. The van der Waals surface area contributed by atoms with Gasteiger partial charge in [0.05, 0.1) is 23.0 Å². The highest BCUT2D eigenvalue weighted by Crippen LogP contribution is 2.36. The average molecular weight is 304 g/mol. The van der Waals surface area contributed by atoms with Crippen LogP contribution in [0.1, 0.15) is 59.8 Å². The Morgan fingerprint density at radius 3 is 2.32 bits per heavy atom. The van der Waals surface area contributed by atoms with Gasteiger partial charge in [-0.2, -0.15) is 0 Å². The molecule has 0 bridgehead atoms. The second kappa shape index (κ2) is 5.82. The maximum atomic E-state index is 6.01. The second-order valence-electron chi connectivity index (χ2n) is 7.25. The first-order valence-corrected chi connectivity index (χ1v) is 8.22. The Morgan fingerprint density at radius 2 is 1.68 bits per heavy atom. The molecule has 1 saturated heterocycles. The summed E-state index contributed by atoms with van der Waals surface area (Å²) >= 11 is 0. The fourth-order valence-corrected chi connectivity index (χ4v) is 2.85. The normalized spacial score (nSPS) is 24.5. The Hall–Kier alpha value is -1.14. The molecule has 0 spiro atoms. The van der Waals surface area contributed by atoms with Crippen LogP contribution in [0.5, 0.6) is 5.88 Å². The molecule has 2 fully saturated rings. The van der Waals surface area contributed by atoms with Crippen molar-refractivity contribution in [2.75, 3.05) is 0 Å². The number of hydrogen-bond acceptors (Lipinski definition) is 5. The summed E-state index contributed by atoms with van der Waals surface area (Å²) < 4.78 is 18.0. The minimum absolute atomic E-state index is 0.261. The van der Waals surface area contributed by atoms with Crippen LogP contribution in [0.3, 0.4) is 0 Å². The fourth-order valence-electron chi connectivity index (χ4n) is 2.85. The molecule has 1 aromatic heterocycles. The SMILES string of the molecule is CC1(C)OB(c2cncc(OC3CCCCC3)n2)OC1(C)C. The summed E-state index contributed by atoms with van der Waals surface area (Å²) in [4.78, 5) is 8.79. The zero-order valence-electron chi connectivity index (χ0n) is 14.0. The van der Waals surface area contributed by atoms with Gasteiger partial charge >= 0.3 is 7.12 Å². The molecule has 1 aliphatic heterocycles. The molecule has 120 valence electrons. The van der Waals surface area contributed by atoms with Crippen LogP contribution in [0.15, 0.2) is 12.4 Å². The monoisotopic (exact) mass is 304 g/mol. The Morgan fingerprint density at radius 1 is 1.05 bits per heavy atom. The van der Waals surface area contributed by atoms with Crippen molar-refractivity contribution in [3.8, 4) is 5.88 Å². The van der Waals surface area contributed by atoms with E-state index < -0.39 is 7.12 Å². The average Bonchev–Trinajstić information content (AvgIpc) is 2.69. The number of aromatic nitrogens is 2. The molecule has 5 nitrogen and oxygen atoms in total. The standard InChI is InChI=1S/C16H25BN2O3/c1-15(2)16(3,4)22-17(21-15)13-10-18-11-14(19-13)20-12-8-6-5-7-9-12/h10-12H,5-9H2,1-4H3. The molecule has 0 radical (unpaired) electrons. The van der Waals surface area contributed by atoms with Gasteiger partial charge in [-0.25, -0.2) is 4.98 Å². The molecule has 0 amide bonds. The summed E-state index contributed by atoms with van der Waals surface area (Å²) in [6.07, 6.45) is 9.59. The minimum Gasteiger partial charge on any atom is -0.473 e. The first kappa shape index (κ1) is 15.7. The minimum atomic E-state index is -0.493. The van der Waals surface area contributed by atoms with Crippen molar-refractivity contribution < 1.29 is 14.0 Å². The lowest BCUT2D eigenvalue weighted by atomic mass is 9.85. The number of nitrogens with zero attached hydrogens (tertiary/aromatic N) is 2. The van der Waals surface area contributed by atoms with E-state index in [0.717, 1.165) is 12.8 Å². The molecule has 1 saturated carbocycles. The third kappa shape index (κ3) is 3.13. The predicted octanol–water partition coefficient (Wildman–Crippen LogP) is 2.49. The lowest BCUT2D eigenvalue weighted by Crippen LogP contribution is -2.41. The highest BCUT2D eigenvalue weighted by Gasteiger charge is 2.52. The predicted molar refractivity (Wildman–Crippen MR) is 85.2 cm³/mol. The Labute approximate surface area is 132 Å². The van der Waals surface area contributed by atoms with E-state index >= 15 is 0 Å². The summed E-state index contributed by atoms with van der Waals surface area (Å²) in [5.41, 5.74) is -0.0777. The van der Waals surface area contributed by atoms with Gasteiger partial charge in [0.25, 0.3) is 0 Å². The van der Waals surface area contributed by atoms with E-state index in [0.29, 0.717) is 11.5 Å². The van der Waals surface area contributed by atoms with Gasteiger partial charge in [-0.3, -0.25) is 4.98 Å². The van der Waals surface area contributed by atoms with E-state index in [1.54, 1.807) is 12.4 Å². The van der Waals surface area contributed by atoms with Crippen molar-refractivity contribution in [1.82, 2.24) is 9.97 Å². The zero-order valence-corrected chi connectivity index (χ0v) is 14.0. The van der Waals surface area contributed by atoms with Crippen molar-refractivity contribution >= 4 is 12.7 Å². The third-order valence-electron chi connectivity index (χ3n) is 4.97. The maximum Gasteiger partial charge on any atom is 0.516 e. The number of rotatable bonds is 3. The molecule has 22 heavy (non-hydrogen) atoms. The van der Waals surface area contributed by atoms with Gasteiger partial charge in [-0.05, 0) is 53.4 Å². The molecular formula is C16H25BN2O3. The Kier molecular flexibility index (Phi) is 4.16. The lowest BCUT2D eigenvalue weighted by molar-refractivity contribution is 0.00578. The first-order chi connectivity index (χ1) is 10.4. The van der Waals surface area contributed by atoms with Crippen LogP contribution in [0, 0.1) is 0 Å². The molecule has 0 N–H and O–H groups in total. The summed E-state index contributed by atoms with van der Waals surface area (Å²) in [5, 5.41) is 0. The highest BCUT2D eigenvalue weighted by molar-refractivity contribution is 6.61. The van der Waals surface area contributed by atoms with Crippen LogP contribution in [-0.4, -0.2) is 34.4 Å². The maximum absolute atomic E-state index is 6.01. The van der Waals surface area contributed by atoms with E-state index in [1.807, 2.05) is 27.7 Å². The molecule has 3 rings (SSSR count). The molecule has 0 atom stereocenters. The quantitative estimate of drug-likeness (QED) is 0.803. The smallest absolute Gasteiger partial charge is 0.473 e. The van der Waals surface area contributed by atoms with Crippen LogP contribution in [0.2, 0.25) is 0 Å². The van der Waals surface area contributed by atoms with Gasteiger partial charge in [-0.15, -0.1) is 0 Å². The second-order valence-corrected chi connectivity index (χ2v) is 7.25. The van der Waals surface area contributed by atoms with Gasteiger partial charge in [0.2, 0.25) is 5.88 Å². The van der Waals surface area contributed by atoms with Crippen LogP contribution >= 0.6 is 0 Å². The number of hydrogen-bond donors (Lipinski definition) is 0. The van der Waals surface area contributed by atoms with E-state index in [2.05, 4.69) is 9.97 Å². The van der Waals surface area contributed by atoms with Crippen molar-refractivity contribution in [2.45, 2.75) is 77.1 Å². The third-order valence-corrected chi connectivity index (χ3v) is 4.97. The van der Waals surface area contributed by atoms with Crippen molar-refractivity contribution in [3.63, 3.8) is 0 Å². The lowest BCUT2D eigenvalue weighted by Gasteiger charge is -2.32. The molecule has 2 heterocycles. The summed E-state index contributed by atoms with van der Waals surface area (Å²) in [5.74, 6) is 0.569. The largest absolute Gasteiger partial charge is 0.516 e. The van der Waals surface area contributed by atoms with Crippen LogP contribution < -0.4 is 10.3 Å². The van der Waals surface area contributed by atoms with E-state index in [4.69, 9.17) is 14.0 Å². The summed E-state index contributed by atoms with van der Waals surface area (Å²) in [6.45, 7) is 8.12. The number of ether oxygens (including phenoxy) is 1. The molecule has 1 aliphatic carbocycles. The van der Waals surface area contributed by atoms with Gasteiger partial charge in [0, 0.05) is 6.20 Å². The van der Waals surface area contributed by atoms with Gasteiger partial charge < -0.3 is 14.0 Å². The van der Waals surface area contributed by atoms with E-state index in [1.165, 1.54) is 19.3 Å². The summed E-state index contributed by atoms with van der Waals surface area (Å²) in [6, 6.07) is 0. The molecule has 6 heteroatoms. The van der Waals surface area contributed by atoms with Gasteiger partial charge in [0.15, 0.2) is 0 Å². The van der Waals surface area contributed by atoms with E-state index in [9.17, 15) is 0 Å². The zero-order chi connectivity index (χ0) is 15.8. The molecule has 1 aromatic rings. The topological polar surface area (TPSA) is 53.5 Å². The molecule has 0 aromatic carbocycles. The Bertz CT molecular complexity index is 514. The molecule has 2 aliphatic rings. The van der Waals surface area contributed by atoms with Crippen LogP contribution in [-0.2, 0) is 9.31 Å². The van der Waals surface area contributed by atoms with Gasteiger partial charge in [0.1, 0.15) is 6.10 Å². The van der Waals surface area contributed by atoms with E-state index in [-0.39, 0.29) is 17.3 Å². The summed E-state index contributed by atoms with van der Waals surface area (Å²) in [7, 11) is -0.493. The van der Waals surface area contributed by atoms with Gasteiger partial charge in [-0.1, -0.05) is 6.42 Å². The van der Waals surface area contributed by atoms with Crippen molar-refractivity contribution in [1.29, 1.82) is 0 Å². The molecular weight excluding hydrogens is 279 g/mol.